The molecule has 0 saturated heterocycles. The van der Waals surface area contributed by atoms with Crippen LogP contribution in [0, 0.1) is 0 Å². The second-order valence-electron chi connectivity index (χ2n) is 3.71. The summed E-state index contributed by atoms with van der Waals surface area (Å²) >= 11 is 1.52. The molecular weight excluding hydrogens is 224 g/mol. The van der Waals surface area contributed by atoms with Crippen molar-refractivity contribution in [2.45, 2.75) is 26.3 Å². The summed E-state index contributed by atoms with van der Waals surface area (Å²) < 4.78 is 1.38. The van der Waals surface area contributed by atoms with Crippen LogP contribution in [0.2, 0.25) is 0 Å². The first-order valence-corrected chi connectivity index (χ1v) is 5.83. The van der Waals surface area contributed by atoms with Gasteiger partial charge in [-0.25, -0.2) is 4.68 Å². The highest BCUT2D eigenvalue weighted by Crippen LogP contribution is 2.18. The summed E-state index contributed by atoms with van der Waals surface area (Å²) in [5.74, 6) is 0.367. The molecule has 2 aromatic rings. The molecule has 0 bridgehead atoms. The molecule has 0 unspecified atom stereocenters. The highest BCUT2D eigenvalue weighted by Gasteiger charge is 2.08. The minimum absolute atomic E-state index is 0.121. The van der Waals surface area contributed by atoms with Crippen LogP contribution in [-0.2, 0) is 6.54 Å². The quantitative estimate of drug-likeness (QED) is 0.805. The van der Waals surface area contributed by atoms with Crippen molar-refractivity contribution in [1.29, 1.82) is 0 Å². The largest absolute Gasteiger partial charge is 0.268 e. The molecule has 0 atom stereocenters. The van der Waals surface area contributed by atoms with Crippen LogP contribution in [0.4, 0.5) is 0 Å². The van der Waals surface area contributed by atoms with Crippen LogP contribution in [0.1, 0.15) is 29.8 Å². The molecule has 0 amide bonds. The van der Waals surface area contributed by atoms with Gasteiger partial charge < -0.3 is 0 Å². The summed E-state index contributed by atoms with van der Waals surface area (Å²) in [5, 5.41) is 13.9. The van der Waals surface area contributed by atoms with Gasteiger partial charge in [-0.15, -0.1) is 10.2 Å². The number of aromatic nitrogens is 4. The lowest BCUT2D eigenvalue weighted by Crippen LogP contribution is -2.21. The highest BCUT2D eigenvalue weighted by atomic mass is 32.1. The van der Waals surface area contributed by atoms with E-state index in [1.165, 1.54) is 22.1 Å². The van der Waals surface area contributed by atoms with E-state index in [4.69, 9.17) is 0 Å². The Bertz CT molecular complexity index is 531. The van der Waals surface area contributed by atoms with Crippen molar-refractivity contribution in [3.05, 3.63) is 38.7 Å². The molecule has 0 saturated carbocycles. The molecular formula is C10H12N4OS. The van der Waals surface area contributed by atoms with E-state index in [0.29, 0.717) is 12.5 Å². The lowest BCUT2D eigenvalue weighted by molar-refractivity contribution is 0.631. The van der Waals surface area contributed by atoms with Crippen LogP contribution in [0.5, 0.6) is 0 Å². The summed E-state index contributed by atoms with van der Waals surface area (Å²) in [5.41, 5.74) is -0.121. The fraction of sp³-hybridized carbons (Fsp3) is 0.400. The SMILES string of the molecule is CC(C)c1nnc(Cn2ncccc2=O)s1. The molecule has 0 aliphatic heterocycles. The standard InChI is InChI=1S/C10H12N4OS/c1-7(2)10-13-12-8(16-10)6-14-9(15)4-3-5-11-14/h3-5,7H,6H2,1-2H3. The van der Waals surface area contributed by atoms with E-state index < -0.39 is 0 Å². The lowest BCUT2D eigenvalue weighted by atomic mass is 10.2. The van der Waals surface area contributed by atoms with Crippen molar-refractivity contribution < 1.29 is 0 Å². The normalized spacial score (nSPS) is 10.9. The van der Waals surface area contributed by atoms with Crippen molar-refractivity contribution in [2.24, 2.45) is 0 Å². The average molecular weight is 236 g/mol. The maximum atomic E-state index is 11.4. The Hall–Kier alpha value is -1.56. The van der Waals surface area contributed by atoms with Gasteiger partial charge in [-0.3, -0.25) is 4.79 Å². The molecule has 0 spiro atoms. The maximum Gasteiger partial charge on any atom is 0.267 e. The molecule has 0 radical (unpaired) electrons. The fourth-order valence-corrected chi connectivity index (χ4v) is 2.03. The van der Waals surface area contributed by atoms with Crippen LogP contribution in [0.15, 0.2) is 23.1 Å². The third-order valence-corrected chi connectivity index (χ3v) is 3.26. The molecule has 0 N–H and O–H groups in total. The van der Waals surface area contributed by atoms with Gasteiger partial charge in [0.05, 0.1) is 6.54 Å². The van der Waals surface area contributed by atoms with Gasteiger partial charge in [0, 0.05) is 18.2 Å². The van der Waals surface area contributed by atoms with Gasteiger partial charge in [-0.1, -0.05) is 25.2 Å². The molecule has 0 fully saturated rings. The highest BCUT2D eigenvalue weighted by molar-refractivity contribution is 7.11. The van der Waals surface area contributed by atoms with Gasteiger partial charge in [0.2, 0.25) is 0 Å². The zero-order valence-electron chi connectivity index (χ0n) is 9.12. The summed E-state index contributed by atoms with van der Waals surface area (Å²) in [4.78, 5) is 11.4. The molecule has 0 aliphatic rings. The van der Waals surface area contributed by atoms with Crippen LogP contribution < -0.4 is 5.56 Å². The minimum Gasteiger partial charge on any atom is -0.268 e. The minimum atomic E-state index is -0.121. The van der Waals surface area contributed by atoms with E-state index in [9.17, 15) is 4.79 Å². The molecule has 6 heteroatoms. The predicted octanol–water partition coefficient (Wildman–Crippen LogP) is 1.27. The van der Waals surface area contributed by atoms with Gasteiger partial charge in [0.1, 0.15) is 10.0 Å². The van der Waals surface area contributed by atoms with Crippen LogP contribution in [0.25, 0.3) is 0 Å². The van der Waals surface area contributed by atoms with Gasteiger partial charge in [-0.2, -0.15) is 5.10 Å². The van der Waals surface area contributed by atoms with E-state index in [-0.39, 0.29) is 5.56 Å². The topological polar surface area (TPSA) is 60.7 Å². The molecule has 2 rings (SSSR count). The van der Waals surface area contributed by atoms with Gasteiger partial charge in [0.25, 0.3) is 5.56 Å². The second-order valence-corrected chi connectivity index (χ2v) is 4.80. The number of nitrogens with zero attached hydrogens (tertiary/aromatic N) is 4. The third kappa shape index (κ3) is 2.33. The monoisotopic (exact) mass is 236 g/mol. The predicted molar refractivity (Wildman–Crippen MR) is 61.6 cm³/mol. The first-order valence-electron chi connectivity index (χ1n) is 5.01. The summed E-state index contributed by atoms with van der Waals surface area (Å²) in [6, 6.07) is 3.11. The number of rotatable bonds is 3. The molecule has 2 aromatic heterocycles. The van der Waals surface area contributed by atoms with E-state index in [0.717, 1.165) is 10.0 Å². The van der Waals surface area contributed by atoms with Crippen molar-refractivity contribution in [3.63, 3.8) is 0 Å². The van der Waals surface area contributed by atoms with Gasteiger partial charge in [0.15, 0.2) is 0 Å². The van der Waals surface area contributed by atoms with E-state index in [1.807, 2.05) is 0 Å². The van der Waals surface area contributed by atoms with Crippen molar-refractivity contribution >= 4 is 11.3 Å². The lowest BCUT2D eigenvalue weighted by Gasteiger charge is -1.98. The zero-order chi connectivity index (χ0) is 11.5. The second kappa shape index (κ2) is 4.52. The first-order chi connectivity index (χ1) is 7.66. The molecule has 16 heavy (non-hydrogen) atoms. The van der Waals surface area contributed by atoms with E-state index in [1.54, 1.807) is 12.3 Å². The molecule has 84 valence electrons. The molecule has 0 aliphatic carbocycles. The smallest absolute Gasteiger partial charge is 0.267 e. The van der Waals surface area contributed by atoms with Gasteiger partial charge in [-0.05, 0) is 6.07 Å². The van der Waals surface area contributed by atoms with Crippen molar-refractivity contribution in [2.75, 3.05) is 0 Å². The maximum absolute atomic E-state index is 11.4. The van der Waals surface area contributed by atoms with Crippen molar-refractivity contribution in [3.8, 4) is 0 Å². The fourth-order valence-electron chi connectivity index (χ4n) is 1.20. The number of hydrogen-bond donors (Lipinski definition) is 0. The van der Waals surface area contributed by atoms with Crippen molar-refractivity contribution in [1.82, 2.24) is 20.0 Å². The Labute approximate surface area is 96.8 Å². The number of hydrogen-bond acceptors (Lipinski definition) is 5. The van der Waals surface area contributed by atoms with E-state index >= 15 is 0 Å². The first kappa shape index (κ1) is 10.9. The summed E-state index contributed by atoms with van der Waals surface area (Å²) in [6.07, 6.45) is 1.59. The van der Waals surface area contributed by atoms with Crippen LogP contribution in [-0.4, -0.2) is 20.0 Å². The molecule has 0 aromatic carbocycles. The zero-order valence-corrected chi connectivity index (χ0v) is 9.94. The van der Waals surface area contributed by atoms with Crippen LogP contribution >= 0.6 is 11.3 Å². The Balaban J connectivity index is 2.21. The Morgan fingerprint density at radius 2 is 2.25 bits per heavy atom. The average Bonchev–Trinajstić information content (AvgIpc) is 2.70. The summed E-state index contributed by atoms with van der Waals surface area (Å²) in [6.45, 7) is 4.53. The molecule has 5 nitrogen and oxygen atoms in total. The Morgan fingerprint density at radius 3 is 2.88 bits per heavy atom. The third-order valence-electron chi connectivity index (χ3n) is 2.05. The Morgan fingerprint density at radius 1 is 1.44 bits per heavy atom. The van der Waals surface area contributed by atoms with Crippen LogP contribution in [0.3, 0.4) is 0 Å². The van der Waals surface area contributed by atoms with E-state index in [2.05, 4.69) is 29.1 Å². The summed E-state index contributed by atoms with van der Waals surface area (Å²) in [7, 11) is 0. The van der Waals surface area contributed by atoms with Gasteiger partial charge >= 0.3 is 0 Å². The Kier molecular flexibility index (Phi) is 3.09. The molecule has 2 heterocycles.